The highest BCUT2D eigenvalue weighted by atomic mass is 16.6. The number of hydrogen-bond donors (Lipinski definition) is 2. The quantitative estimate of drug-likeness (QED) is 0.179. The zero-order valence-electron chi connectivity index (χ0n) is 19.7. The maximum absolute atomic E-state index is 13.2. The molecule has 1 aliphatic carbocycles. The second kappa shape index (κ2) is 10.4. The number of carbonyl (C=O) groups excluding carboxylic acids is 1. The molecule has 1 fully saturated rings. The van der Waals surface area contributed by atoms with Crippen molar-refractivity contribution in [2.24, 2.45) is 10.8 Å². The van der Waals surface area contributed by atoms with Crippen LogP contribution in [0.5, 0.6) is 0 Å². The number of rotatable bonds is 9. The predicted molar refractivity (Wildman–Crippen MR) is 132 cm³/mol. The lowest BCUT2D eigenvalue weighted by molar-refractivity contribution is -0.384. The van der Waals surface area contributed by atoms with Crippen molar-refractivity contribution in [3.05, 3.63) is 75.8 Å². The molecular formula is C27H34N2O4. The molecule has 2 unspecified atom stereocenters. The summed E-state index contributed by atoms with van der Waals surface area (Å²) in [6.45, 7) is 7.87. The molecule has 2 aromatic carbocycles. The van der Waals surface area contributed by atoms with Crippen molar-refractivity contribution < 1.29 is 14.8 Å². The van der Waals surface area contributed by atoms with Crippen molar-refractivity contribution in [1.82, 2.24) is 5.32 Å². The van der Waals surface area contributed by atoms with E-state index >= 15 is 0 Å². The van der Waals surface area contributed by atoms with Gasteiger partial charge in [-0.2, -0.15) is 0 Å². The maximum atomic E-state index is 13.2. The van der Waals surface area contributed by atoms with Crippen LogP contribution in [0.15, 0.2) is 54.6 Å². The van der Waals surface area contributed by atoms with Crippen molar-refractivity contribution in [3.63, 3.8) is 0 Å². The normalized spacial score (nSPS) is 22.7. The Balaban J connectivity index is 1.69. The van der Waals surface area contributed by atoms with Crippen LogP contribution in [0, 0.1) is 20.9 Å². The molecule has 0 bridgehead atoms. The highest BCUT2D eigenvalue weighted by molar-refractivity contribution is 6.25. The van der Waals surface area contributed by atoms with Crippen LogP contribution < -0.4 is 5.32 Å². The van der Waals surface area contributed by atoms with Crippen LogP contribution in [0.2, 0.25) is 0 Å². The van der Waals surface area contributed by atoms with Crippen molar-refractivity contribution in [2.45, 2.75) is 52.6 Å². The summed E-state index contributed by atoms with van der Waals surface area (Å²) in [7, 11) is 0. The summed E-state index contributed by atoms with van der Waals surface area (Å²) < 4.78 is 0. The van der Waals surface area contributed by atoms with E-state index in [1.807, 2.05) is 30.3 Å². The second-order valence-corrected chi connectivity index (χ2v) is 10.3. The Kier molecular flexibility index (Phi) is 7.82. The number of hydrogen-bond acceptors (Lipinski definition) is 5. The van der Waals surface area contributed by atoms with Crippen LogP contribution in [-0.4, -0.2) is 35.0 Å². The van der Waals surface area contributed by atoms with E-state index in [2.05, 4.69) is 26.1 Å². The molecule has 3 rings (SSSR count). The average Bonchev–Trinajstić information content (AvgIpc) is 2.74. The van der Waals surface area contributed by atoms with Gasteiger partial charge in [-0.25, -0.2) is 0 Å². The number of benzene rings is 2. The zero-order chi connectivity index (χ0) is 24.1. The number of aliphatic hydroxyl groups is 1. The fourth-order valence-electron chi connectivity index (χ4n) is 5.28. The molecule has 2 atom stereocenters. The first-order valence-corrected chi connectivity index (χ1v) is 11.5. The number of allylic oxidation sites excluding steroid dienone is 1. The zero-order valence-corrected chi connectivity index (χ0v) is 19.7. The van der Waals surface area contributed by atoms with Gasteiger partial charge in [0.2, 0.25) is 0 Å². The predicted octanol–water partition coefficient (Wildman–Crippen LogP) is 5.26. The van der Waals surface area contributed by atoms with Crippen molar-refractivity contribution in [2.75, 3.05) is 13.1 Å². The number of nitrogens with one attached hydrogen (secondary N) is 1. The number of nitrogens with zero attached hydrogens (tertiary/aromatic N) is 1. The first-order chi connectivity index (χ1) is 15.6. The van der Waals surface area contributed by atoms with E-state index in [4.69, 9.17) is 0 Å². The molecule has 6 heteroatoms. The number of nitro benzene ring substituents is 1. The standard InChI is InChI=1S/C27H34N2O4/c1-26(2)16-23(30)17-27(3,18-26)19-28-13-12-25(31)24(21-9-5-4-6-10-21)15-20-8-7-11-22(14-20)29(32)33/h4-11,14-15,23,28,30H,12-13,16-19H2,1-3H3/b24-15-. The molecule has 2 N–H and O–H groups in total. The number of aliphatic hydroxyl groups excluding tert-OH is 1. The number of nitro groups is 1. The SMILES string of the molecule is CC1(C)CC(O)CC(C)(CNCCC(=O)/C(=C\c2cccc([N+](=O)[O-])c2)c2ccccc2)C1. The topological polar surface area (TPSA) is 92.5 Å². The number of Topliss-reactive ketones (excluding diaryl/α,β-unsaturated/α-hetero) is 1. The van der Waals surface area contributed by atoms with Crippen LogP contribution in [0.1, 0.15) is 57.6 Å². The molecule has 0 amide bonds. The number of ketones is 1. The van der Waals surface area contributed by atoms with E-state index in [1.54, 1.807) is 18.2 Å². The molecule has 0 aliphatic heterocycles. The first kappa shape index (κ1) is 24.8. The Bertz CT molecular complexity index is 1020. The largest absolute Gasteiger partial charge is 0.393 e. The van der Waals surface area contributed by atoms with Gasteiger partial charge in [0.25, 0.3) is 5.69 Å². The van der Waals surface area contributed by atoms with Gasteiger partial charge in [-0.15, -0.1) is 0 Å². The van der Waals surface area contributed by atoms with E-state index in [0.717, 1.165) is 31.4 Å². The van der Waals surface area contributed by atoms with Gasteiger partial charge in [0.05, 0.1) is 11.0 Å². The first-order valence-electron chi connectivity index (χ1n) is 11.5. The van der Waals surface area contributed by atoms with Gasteiger partial charge in [0.15, 0.2) is 5.78 Å². The van der Waals surface area contributed by atoms with Gasteiger partial charge < -0.3 is 10.4 Å². The molecule has 176 valence electrons. The third kappa shape index (κ3) is 7.07. The minimum Gasteiger partial charge on any atom is -0.393 e. The smallest absolute Gasteiger partial charge is 0.270 e. The molecule has 1 saturated carbocycles. The van der Waals surface area contributed by atoms with Crippen molar-refractivity contribution in [1.29, 1.82) is 0 Å². The van der Waals surface area contributed by atoms with Gasteiger partial charge in [0.1, 0.15) is 0 Å². The molecule has 0 radical (unpaired) electrons. The van der Waals surface area contributed by atoms with Gasteiger partial charge >= 0.3 is 0 Å². The third-order valence-corrected chi connectivity index (χ3v) is 6.28. The van der Waals surface area contributed by atoms with Crippen LogP contribution in [-0.2, 0) is 4.79 Å². The molecule has 1 aliphatic rings. The highest BCUT2D eigenvalue weighted by Gasteiger charge is 2.40. The van der Waals surface area contributed by atoms with Gasteiger partial charge in [-0.05, 0) is 47.3 Å². The Hall–Kier alpha value is -2.83. The van der Waals surface area contributed by atoms with Gasteiger partial charge in [-0.1, -0.05) is 63.2 Å². The van der Waals surface area contributed by atoms with Crippen LogP contribution >= 0.6 is 0 Å². The summed E-state index contributed by atoms with van der Waals surface area (Å²) in [4.78, 5) is 23.9. The van der Waals surface area contributed by atoms with Crippen LogP contribution in [0.25, 0.3) is 11.6 Å². The van der Waals surface area contributed by atoms with Crippen molar-refractivity contribution >= 4 is 23.1 Å². The summed E-state index contributed by atoms with van der Waals surface area (Å²) in [5, 5.41) is 24.8. The lowest BCUT2D eigenvalue weighted by Crippen LogP contribution is -2.44. The molecular weight excluding hydrogens is 416 g/mol. The van der Waals surface area contributed by atoms with Crippen LogP contribution in [0.3, 0.4) is 0 Å². The van der Waals surface area contributed by atoms with E-state index in [0.29, 0.717) is 24.1 Å². The van der Waals surface area contributed by atoms with Gasteiger partial charge in [0, 0.05) is 37.2 Å². The Morgan fingerprint density at radius 2 is 1.88 bits per heavy atom. The fourth-order valence-corrected chi connectivity index (χ4v) is 5.28. The van der Waals surface area contributed by atoms with E-state index in [1.165, 1.54) is 12.1 Å². The summed E-state index contributed by atoms with van der Waals surface area (Å²) in [6.07, 6.45) is 4.37. The fraction of sp³-hybridized carbons (Fsp3) is 0.444. The molecule has 0 saturated heterocycles. The number of non-ortho nitro benzene ring substituents is 1. The maximum Gasteiger partial charge on any atom is 0.270 e. The van der Waals surface area contributed by atoms with E-state index in [-0.39, 0.29) is 28.4 Å². The van der Waals surface area contributed by atoms with E-state index < -0.39 is 4.92 Å². The van der Waals surface area contributed by atoms with Crippen molar-refractivity contribution in [3.8, 4) is 0 Å². The molecule has 0 spiro atoms. The van der Waals surface area contributed by atoms with E-state index in [9.17, 15) is 20.0 Å². The Morgan fingerprint density at radius 3 is 2.55 bits per heavy atom. The molecule has 33 heavy (non-hydrogen) atoms. The lowest BCUT2D eigenvalue weighted by atomic mass is 9.63. The molecule has 0 aromatic heterocycles. The summed E-state index contributed by atoms with van der Waals surface area (Å²) in [5.74, 6) is -0.0191. The van der Waals surface area contributed by atoms with Gasteiger partial charge in [-0.3, -0.25) is 14.9 Å². The Labute approximate surface area is 195 Å². The molecule has 2 aromatic rings. The number of carbonyl (C=O) groups is 1. The summed E-state index contributed by atoms with van der Waals surface area (Å²) in [5.41, 5.74) is 2.04. The monoisotopic (exact) mass is 450 g/mol. The highest BCUT2D eigenvalue weighted by Crippen LogP contribution is 2.45. The molecule has 6 nitrogen and oxygen atoms in total. The minimum absolute atomic E-state index is 0.00360. The third-order valence-electron chi connectivity index (χ3n) is 6.28. The molecule has 0 heterocycles. The Morgan fingerprint density at radius 1 is 1.15 bits per heavy atom. The average molecular weight is 451 g/mol. The second-order valence-electron chi connectivity index (χ2n) is 10.3. The van der Waals surface area contributed by atoms with Crippen LogP contribution in [0.4, 0.5) is 5.69 Å². The summed E-state index contributed by atoms with van der Waals surface area (Å²) >= 11 is 0. The lowest BCUT2D eigenvalue weighted by Gasteiger charge is -2.45. The minimum atomic E-state index is -0.435. The summed E-state index contributed by atoms with van der Waals surface area (Å²) in [6, 6.07) is 15.7.